The summed E-state index contributed by atoms with van der Waals surface area (Å²) < 4.78 is 27.3. The quantitative estimate of drug-likeness (QED) is 0.619. The van der Waals surface area contributed by atoms with Crippen LogP contribution in [0.1, 0.15) is 62.1 Å². The SMILES string of the molecule is CO[C@]12CCC3(C[C@@H]1[C@](C)(O)c1ccc(F)cc1)C1Cc4ccc(O)c5c4[C@@]3(CCN1CC1CC1)[C@@H]2O5. The van der Waals surface area contributed by atoms with E-state index in [0.717, 1.165) is 51.1 Å². The highest BCUT2D eigenvalue weighted by Crippen LogP contribution is 2.78. The molecule has 7 aliphatic rings. The van der Waals surface area contributed by atoms with Crippen LogP contribution in [-0.4, -0.2) is 53.1 Å². The molecular weight excluding hydrogens is 469 g/mol. The van der Waals surface area contributed by atoms with Crippen LogP contribution in [0.25, 0.3) is 0 Å². The van der Waals surface area contributed by atoms with E-state index in [1.807, 2.05) is 6.92 Å². The molecular formula is C31H36FNO4. The van der Waals surface area contributed by atoms with Crippen LogP contribution in [0, 0.1) is 23.1 Å². The Labute approximate surface area is 217 Å². The van der Waals surface area contributed by atoms with E-state index in [1.54, 1.807) is 25.3 Å². The van der Waals surface area contributed by atoms with E-state index in [0.29, 0.717) is 17.4 Å². The van der Waals surface area contributed by atoms with Crippen molar-refractivity contribution in [3.8, 4) is 11.5 Å². The lowest BCUT2D eigenvalue weighted by molar-refractivity contribution is -0.304. The third kappa shape index (κ3) is 2.56. The van der Waals surface area contributed by atoms with Gasteiger partial charge in [0, 0.05) is 42.0 Å². The summed E-state index contributed by atoms with van der Waals surface area (Å²) in [4.78, 5) is 2.77. The Hall–Kier alpha value is -2.15. The molecule has 2 aromatic carbocycles. The van der Waals surface area contributed by atoms with Crippen molar-refractivity contribution in [2.45, 2.75) is 80.6 Å². The summed E-state index contributed by atoms with van der Waals surface area (Å²) in [5, 5.41) is 23.3. The van der Waals surface area contributed by atoms with Gasteiger partial charge in [0.2, 0.25) is 0 Å². The van der Waals surface area contributed by atoms with Crippen molar-refractivity contribution in [3.05, 3.63) is 58.9 Å². The maximum Gasteiger partial charge on any atom is 0.165 e. The highest BCUT2D eigenvalue weighted by atomic mass is 19.1. The van der Waals surface area contributed by atoms with Crippen molar-refractivity contribution in [2.24, 2.45) is 17.3 Å². The van der Waals surface area contributed by atoms with Gasteiger partial charge in [0.15, 0.2) is 11.5 Å². The minimum absolute atomic E-state index is 0.0776. The van der Waals surface area contributed by atoms with Crippen LogP contribution in [0.5, 0.6) is 11.5 Å². The number of halogens is 1. The van der Waals surface area contributed by atoms with Crippen molar-refractivity contribution in [1.29, 1.82) is 0 Å². The fourth-order valence-electron chi connectivity index (χ4n) is 10.0. The lowest BCUT2D eigenvalue weighted by atomic mass is 9.33. The Morgan fingerprint density at radius 3 is 2.65 bits per heavy atom. The van der Waals surface area contributed by atoms with Crippen LogP contribution in [0.2, 0.25) is 0 Å². The predicted molar refractivity (Wildman–Crippen MR) is 136 cm³/mol. The second kappa shape index (κ2) is 7.08. The zero-order valence-corrected chi connectivity index (χ0v) is 21.7. The number of hydrogen-bond acceptors (Lipinski definition) is 5. The molecule has 0 radical (unpaired) electrons. The Morgan fingerprint density at radius 2 is 1.92 bits per heavy atom. The molecule has 6 heteroatoms. The number of fused-ring (bicyclic) bond motifs is 2. The summed E-state index contributed by atoms with van der Waals surface area (Å²) in [5.41, 5.74) is 0.989. The minimum atomic E-state index is -1.23. The molecule has 2 N–H and O–H groups in total. The molecule has 2 unspecified atom stereocenters. The first kappa shape index (κ1) is 22.8. The molecule has 5 fully saturated rings. The Balaban J connectivity index is 1.34. The van der Waals surface area contributed by atoms with E-state index < -0.39 is 11.2 Å². The highest BCUT2D eigenvalue weighted by Gasteiger charge is 2.82. The van der Waals surface area contributed by atoms with Gasteiger partial charge in [-0.15, -0.1) is 0 Å². The van der Waals surface area contributed by atoms with Crippen molar-refractivity contribution < 1.29 is 24.1 Å². The molecule has 4 bridgehead atoms. The normalized spacial score (nSPS) is 40.7. The molecule has 2 aliphatic heterocycles. The van der Waals surface area contributed by atoms with Gasteiger partial charge in [-0.05, 0) is 93.7 Å². The Morgan fingerprint density at radius 1 is 1.14 bits per heavy atom. The summed E-state index contributed by atoms with van der Waals surface area (Å²) in [5.74, 6) is 1.12. The summed E-state index contributed by atoms with van der Waals surface area (Å²) in [6.07, 6.45) is 6.97. The molecule has 2 spiro atoms. The number of likely N-dealkylation sites (tertiary alicyclic amines) is 1. The fraction of sp³-hybridized carbons (Fsp3) is 0.613. The second-order valence-corrected chi connectivity index (χ2v) is 13.1. The van der Waals surface area contributed by atoms with E-state index in [9.17, 15) is 14.6 Å². The number of hydrogen-bond donors (Lipinski definition) is 2. The highest BCUT2D eigenvalue weighted by molar-refractivity contribution is 5.63. The topological polar surface area (TPSA) is 62.2 Å². The van der Waals surface area contributed by atoms with E-state index in [2.05, 4.69) is 11.0 Å². The number of aromatic hydroxyl groups is 1. The van der Waals surface area contributed by atoms with Gasteiger partial charge < -0.3 is 19.7 Å². The molecule has 2 heterocycles. The Bertz CT molecular complexity index is 1290. The van der Waals surface area contributed by atoms with Crippen LogP contribution in [-0.2, 0) is 22.2 Å². The van der Waals surface area contributed by atoms with Crippen LogP contribution in [0.3, 0.4) is 0 Å². The number of nitrogens with zero attached hydrogens (tertiary/aromatic N) is 1. The van der Waals surface area contributed by atoms with E-state index >= 15 is 0 Å². The standard InChI is InChI=1S/C31H36FNO4/c1-28(35,20-6-8-21(32)9-7-20)23-16-29-11-12-31(23,36-2)27-30(29)13-14-33(17-18-3-4-18)24(29)15-19-5-10-22(34)26(37-27)25(19)30/h5-10,18,23-24,27,34-35H,3-4,11-17H2,1-2H3/t23-,24?,27+,28-,29?,30+,31-/m1/s1. The third-order valence-corrected chi connectivity index (χ3v) is 11.8. The van der Waals surface area contributed by atoms with Gasteiger partial charge in [0.1, 0.15) is 17.5 Å². The molecule has 5 nitrogen and oxygen atoms in total. The average molecular weight is 506 g/mol. The van der Waals surface area contributed by atoms with Gasteiger partial charge in [-0.2, -0.15) is 0 Å². The molecule has 0 aromatic heterocycles. The largest absolute Gasteiger partial charge is 0.504 e. The number of benzene rings is 2. The number of rotatable bonds is 5. The molecule has 196 valence electrons. The second-order valence-electron chi connectivity index (χ2n) is 13.1. The maximum atomic E-state index is 13.8. The van der Waals surface area contributed by atoms with Crippen molar-refractivity contribution in [2.75, 3.05) is 20.2 Å². The van der Waals surface area contributed by atoms with Gasteiger partial charge >= 0.3 is 0 Å². The van der Waals surface area contributed by atoms with Gasteiger partial charge in [-0.25, -0.2) is 4.39 Å². The smallest absolute Gasteiger partial charge is 0.165 e. The first-order chi connectivity index (χ1) is 17.8. The molecule has 2 aromatic rings. The van der Waals surface area contributed by atoms with Gasteiger partial charge in [0.05, 0.1) is 5.60 Å². The number of methoxy groups -OCH3 is 1. The van der Waals surface area contributed by atoms with Crippen LogP contribution >= 0.6 is 0 Å². The number of phenols is 1. The molecule has 0 amide bonds. The van der Waals surface area contributed by atoms with Crippen molar-refractivity contribution in [1.82, 2.24) is 4.90 Å². The lowest BCUT2D eigenvalue weighted by Gasteiger charge is -2.75. The number of piperidine rings is 1. The zero-order valence-electron chi connectivity index (χ0n) is 21.7. The number of ether oxygens (including phenoxy) is 2. The van der Waals surface area contributed by atoms with Gasteiger partial charge in [-0.3, -0.25) is 4.90 Å². The zero-order chi connectivity index (χ0) is 25.4. The van der Waals surface area contributed by atoms with Crippen LogP contribution < -0.4 is 4.74 Å². The van der Waals surface area contributed by atoms with Crippen LogP contribution in [0.15, 0.2) is 36.4 Å². The van der Waals surface area contributed by atoms with Crippen molar-refractivity contribution >= 4 is 0 Å². The maximum absolute atomic E-state index is 13.8. The minimum Gasteiger partial charge on any atom is -0.504 e. The van der Waals surface area contributed by atoms with E-state index in [1.165, 1.54) is 36.1 Å². The average Bonchev–Trinajstić information content (AvgIpc) is 3.64. The summed E-state index contributed by atoms with van der Waals surface area (Å²) in [7, 11) is 1.76. The van der Waals surface area contributed by atoms with Crippen molar-refractivity contribution in [3.63, 3.8) is 0 Å². The summed E-state index contributed by atoms with van der Waals surface area (Å²) in [6.45, 7) is 4.07. The molecule has 5 aliphatic carbocycles. The summed E-state index contributed by atoms with van der Waals surface area (Å²) in [6, 6.07) is 10.6. The molecule has 9 rings (SSSR count). The molecule has 37 heavy (non-hydrogen) atoms. The first-order valence-electron chi connectivity index (χ1n) is 14.1. The number of phenolic OH excluding ortho intramolecular Hbond substituents is 1. The van der Waals surface area contributed by atoms with Crippen LogP contribution in [0.4, 0.5) is 4.39 Å². The van der Waals surface area contributed by atoms with Gasteiger partial charge in [-0.1, -0.05) is 18.2 Å². The predicted octanol–water partition coefficient (Wildman–Crippen LogP) is 4.66. The third-order valence-electron chi connectivity index (χ3n) is 11.8. The monoisotopic (exact) mass is 505 g/mol. The molecule has 4 saturated carbocycles. The van der Waals surface area contributed by atoms with E-state index in [-0.39, 0.29) is 34.4 Å². The van der Waals surface area contributed by atoms with Gasteiger partial charge in [0.25, 0.3) is 0 Å². The number of aliphatic hydroxyl groups is 1. The van der Waals surface area contributed by atoms with E-state index in [4.69, 9.17) is 9.47 Å². The first-order valence-corrected chi connectivity index (χ1v) is 14.1. The molecule has 1 saturated heterocycles. The Kier molecular flexibility index (Phi) is 4.36. The fourth-order valence-corrected chi connectivity index (χ4v) is 10.0. The lowest BCUT2D eigenvalue weighted by Crippen LogP contribution is -2.82. The summed E-state index contributed by atoms with van der Waals surface area (Å²) >= 11 is 0. The molecule has 7 atom stereocenters.